The van der Waals surface area contributed by atoms with Gasteiger partial charge in [-0.2, -0.15) is 0 Å². The molecule has 27 heavy (non-hydrogen) atoms. The molecule has 162 valence electrons. The first-order valence-electron chi connectivity index (χ1n) is 10.8. The Balaban J connectivity index is 3.18. The zero-order valence-electron chi connectivity index (χ0n) is 17.1. The molecule has 0 amide bonds. The van der Waals surface area contributed by atoms with E-state index in [0.717, 1.165) is 25.0 Å². The summed E-state index contributed by atoms with van der Waals surface area (Å²) < 4.78 is 9.37. The van der Waals surface area contributed by atoms with Gasteiger partial charge in [-0.25, -0.2) is 0 Å². The van der Waals surface area contributed by atoms with Crippen LogP contribution in [0.3, 0.4) is 0 Å². The first-order chi connectivity index (χ1) is 13.2. The number of rotatable bonds is 19. The van der Waals surface area contributed by atoms with Crippen molar-refractivity contribution < 1.29 is 39.0 Å². The van der Waals surface area contributed by atoms with Gasteiger partial charge in [0.25, 0.3) is 0 Å². The fraction of sp³-hybridized carbons (Fsp3) is 0.818. The van der Waals surface area contributed by atoms with Crippen LogP contribution in [0.25, 0.3) is 0 Å². The molecule has 0 spiro atoms. The predicted molar refractivity (Wildman–Crippen MR) is 106 cm³/mol. The van der Waals surface area contributed by atoms with Crippen molar-refractivity contribution in [2.75, 3.05) is 6.61 Å². The van der Waals surface area contributed by atoms with Crippen molar-refractivity contribution in [3.8, 4) is 0 Å². The van der Waals surface area contributed by atoms with Crippen LogP contribution < -0.4 is 0 Å². The molecule has 0 saturated carbocycles. The molecule has 0 saturated heterocycles. The minimum absolute atomic E-state index is 0.416. The molecule has 4 nitrogen and oxygen atoms in total. The zero-order valence-corrected chi connectivity index (χ0v) is 19.3. The second kappa shape index (κ2) is 21.7. The number of carbonyl (C=O) groups excluding carboxylic acids is 2. The maximum absolute atomic E-state index is 11.3. The molecule has 0 radical (unpaired) electrons. The average molecular weight is 565 g/mol. The third-order valence-electron chi connectivity index (χ3n) is 4.66. The second-order valence-electron chi connectivity index (χ2n) is 7.18. The number of carbonyl (C=O) groups is 2. The molecular weight excluding hydrogens is 525 g/mol. The van der Waals surface area contributed by atoms with E-state index in [1.165, 1.54) is 89.9 Å². The third-order valence-corrected chi connectivity index (χ3v) is 5.09. The van der Waals surface area contributed by atoms with Crippen molar-refractivity contribution in [2.24, 2.45) is 0 Å². The Hall–Kier alpha value is -0.580. The molecule has 0 atom stereocenters. The van der Waals surface area contributed by atoms with Gasteiger partial charge in [-0.3, -0.25) is 0 Å². The van der Waals surface area contributed by atoms with Gasteiger partial charge in [0.2, 0.25) is 0 Å². The van der Waals surface area contributed by atoms with Gasteiger partial charge in [0.15, 0.2) is 0 Å². The van der Waals surface area contributed by atoms with Crippen LogP contribution in [0.1, 0.15) is 110 Å². The molecule has 0 aliphatic carbocycles. The van der Waals surface area contributed by atoms with Crippen LogP contribution in [0.2, 0.25) is 0 Å². The van der Waals surface area contributed by atoms with Crippen LogP contribution in [0.5, 0.6) is 0 Å². The monoisotopic (exact) mass is 564 g/mol. The van der Waals surface area contributed by atoms with Gasteiger partial charge in [0.1, 0.15) is 0 Å². The number of hydrogen-bond donors (Lipinski definition) is 0. The van der Waals surface area contributed by atoms with E-state index < -0.39 is 11.9 Å². The van der Waals surface area contributed by atoms with Crippen LogP contribution >= 0.6 is 0 Å². The molecule has 0 aliphatic rings. The number of unbranched alkanes of at least 4 members (excludes halogenated alkanes) is 15. The second-order valence-corrected chi connectivity index (χ2v) is 7.63. The van der Waals surface area contributed by atoms with Crippen molar-refractivity contribution in [2.45, 2.75) is 110 Å². The van der Waals surface area contributed by atoms with E-state index in [2.05, 4.69) is 10.2 Å². The quantitative estimate of drug-likeness (QED) is 0.0794. The average Bonchev–Trinajstić information content (AvgIpc) is 2.68. The Morgan fingerprint density at radius 2 is 1.00 bits per heavy atom. The van der Waals surface area contributed by atoms with E-state index in [9.17, 15) is 9.59 Å². The summed E-state index contributed by atoms with van der Waals surface area (Å²) >= 11 is 1.65. The molecule has 0 aliphatic heterocycles. The minimum atomic E-state index is -0.572. The van der Waals surface area contributed by atoms with Crippen molar-refractivity contribution in [1.82, 2.24) is 0 Å². The van der Waals surface area contributed by atoms with Crippen LogP contribution in [0.15, 0.2) is 12.2 Å². The van der Waals surface area contributed by atoms with E-state index in [1.807, 2.05) is 0 Å². The van der Waals surface area contributed by atoms with Crippen molar-refractivity contribution in [3.63, 3.8) is 0 Å². The number of esters is 1. The van der Waals surface area contributed by atoms with Gasteiger partial charge in [-0.05, 0) is 0 Å². The van der Waals surface area contributed by atoms with Gasteiger partial charge in [0.05, 0.1) is 0 Å². The van der Waals surface area contributed by atoms with Gasteiger partial charge >= 0.3 is 102 Å². The zero-order chi connectivity index (χ0) is 20.0. The van der Waals surface area contributed by atoms with Gasteiger partial charge < -0.3 is 0 Å². The van der Waals surface area contributed by atoms with Crippen molar-refractivity contribution in [1.29, 1.82) is 0 Å². The van der Waals surface area contributed by atoms with Crippen molar-refractivity contribution >= 4 is 11.9 Å². The Bertz CT molecular complexity index is 383. The Labute approximate surface area is 179 Å². The normalized spacial score (nSPS) is 11.1. The molecule has 0 rings (SSSR count). The van der Waals surface area contributed by atoms with Gasteiger partial charge in [-0.15, -0.1) is 0 Å². The summed E-state index contributed by atoms with van der Waals surface area (Å²) in [4.78, 5) is 22.1. The maximum atomic E-state index is 11.3. The summed E-state index contributed by atoms with van der Waals surface area (Å²) in [6.07, 6.45) is 23.3. The summed E-state index contributed by atoms with van der Waals surface area (Å²) in [6.45, 7) is 2.69. The molecule has 0 unspecified atom stereocenters. The van der Waals surface area contributed by atoms with Crippen LogP contribution in [0, 0.1) is 0 Å². The molecule has 0 fully saturated rings. The standard InChI is InChI=1S/C22H40O4.Au/c1-2-3-4-5-6-7-8-9-10-11-12-13-14-15-16-17-20-26-22(25)19-18-21(23)24;/h18-19H,2-17,20H2,1H3,(H,23,24);/q;+1/p-1/b19-18+;. The first-order valence-corrected chi connectivity index (χ1v) is 11.7. The Morgan fingerprint density at radius 1 is 0.630 bits per heavy atom. The molecule has 0 heterocycles. The van der Waals surface area contributed by atoms with Crippen molar-refractivity contribution in [3.05, 3.63) is 12.2 Å². The Morgan fingerprint density at radius 3 is 1.41 bits per heavy atom. The number of hydrogen-bond acceptors (Lipinski definition) is 4. The van der Waals surface area contributed by atoms with E-state index in [-0.39, 0.29) is 0 Å². The summed E-state index contributed by atoms with van der Waals surface area (Å²) in [5, 5.41) is 0. The fourth-order valence-corrected chi connectivity index (χ4v) is 3.18. The van der Waals surface area contributed by atoms with Crippen LogP contribution in [-0.4, -0.2) is 18.5 Å². The van der Waals surface area contributed by atoms with Gasteiger partial charge in [0, 0.05) is 0 Å². The molecule has 0 bridgehead atoms. The summed E-state index contributed by atoms with van der Waals surface area (Å²) in [7, 11) is 0. The third kappa shape index (κ3) is 21.6. The Kier molecular flexibility index (Phi) is 21.3. The topological polar surface area (TPSA) is 52.6 Å². The fourth-order valence-electron chi connectivity index (χ4n) is 3.03. The van der Waals surface area contributed by atoms with E-state index >= 15 is 0 Å². The number of ether oxygens (including phenoxy) is 1. The van der Waals surface area contributed by atoms with E-state index in [1.54, 1.807) is 21.5 Å². The summed E-state index contributed by atoms with van der Waals surface area (Å²) in [5.41, 5.74) is 0. The van der Waals surface area contributed by atoms with E-state index in [0.29, 0.717) is 6.61 Å². The van der Waals surface area contributed by atoms with Crippen LogP contribution in [-0.2, 0) is 39.0 Å². The predicted octanol–water partition coefficient (Wildman–Crippen LogP) is 6.35. The first kappa shape index (κ1) is 26.4. The molecule has 5 heteroatoms. The summed E-state index contributed by atoms with van der Waals surface area (Å²) in [5.74, 6) is -1.06. The molecule has 0 aromatic rings. The van der Waals surface area contributed by atoms with Crippen LogP contribution in [0.4, 0.5) is 0 Å². The molecule has 0 N–H and O–H groups in total. The molecule has 0 aromatic heterocycles. The van der Waals surface area contributed by atoms with E-state index in [4.69, 9.17) is 4.74 Å². The van der Waals surface area contributed by atoms with Gasteiger partial charge in [-0.1, -0.05) is 77.6 Å². The SMILES string of the molecule is CCCCCCCCCCCCCCCCCCOC(=O)/C=C/C(=O)[O][Au]. The summed E-state index contributed by atoms with van der Waals surface area (Å²) in [6, 6.07) is 0. The molecular formula is C22H39AuO4. The molecule has 0 aromatic carbocycles.